The Morgan fingerprint density at radius 1 is 1.53 bits per heavy atom. The van der Waals surface area contributed by atoms with E-state index >= 15 is 0 Å². The maximum Gasteiger partial charge on any atom is 0.183 e. The van der Waals surface area contributed by atoms with Crippen LogP contribution in [-0.2, 0) is 7.05 Å². The molecule has 2 aromatic heterocycles. The van der Waals surface area contributed by atoms with Crippen molar-refractivity contribution in [1.29, 1.82) is 0 Å². The molecule has 4 nitrogen and oxygen atoms in total. The normalized spacial score (nSPS) is 10.5. The average Bonchev–Trinajstić information content (AvgIpc) is 2.83. The summed E-state index contributed by atoms with van der Waals surface area (Å²) in [4.78, 5) is 4.50. The van der Waals surface area contributed by atoms with Crippen LogP contribution in [0.4, 0.5) is 5.13 Å². The highest BCUT2D eigenvalue weighted by Gasteiger charge is 2.06. The van der Waals surface area contributed by atoms with E-state index < -0.39 is 0 Å². The molecule has 1 N–H and O–H groups in total. The largest absolute Gasteiger partial charge is 0.362 e. The summed E-state index contributed by atoms with van der Waals surface area (Å²) in [5.41, 5.74) is 2.04. The van der Waals surface area contributed by atoms with Crippen molar-refractivity contribution in [1.82, 2.24) is 14.8 Å². The molecular formula is C10H14N4S. The number of anilines is 1. The first-order chi connectivity index (χ1) is 7.31. The van der Waals surface area contributed by atoms with Crippen LogP contribution >= 0.6 is 11.3 Å². The van der Waals surface area contributed by atoms with Crippen LogP contribution < -0.4 is 5.32 Å². The summed E-state index contributed by atoms with van der Waals surface area (Å²) in [6.45, 7) is 3.11. The lowest BCUT2D eigenvalue weighted by Gasteiger charge is -1.98. The lowest BCUT2D eigenvalue weighted by molar-refractivity contribution is 0.774. The molecule has 15 heavy (non-hydrogen) atoms. The van der Waals surface area contributed by atoms with E-state index in [1.54, 1.807) is 17.5 Å². The second-order valence-corrected chi connectivity index (χ2v) is 4.16. The van der Waals surface area contributed by atoms with E-state index in [2.05, 4.69) is 27.7 Å². The van der Waals surface area contributed by atoms with E-state index in [4.69, 9.17) is 0 Å². The number of nitrogens with zero attached hydrogens (tertiary/aromatic N) is 3. The van der Waals surface area contributed by atoms with E-state index in [1.165, 1.54) is 0 Å². The summed E-state index contributed by atoms with van der Waals surface area (Å²) in [5, 5.41) is 10.4. The minimum absolute atomic E-state index is 0.971. The van der Waals surface area contributed by atoms with Gasteiger partial charge in [-0.25, -0.2) is 4.98 Å². The lowest BCUT2D eigenvalue weighted by atomic mass is 10.3. The van der Waals surface area contributed by atoms with Gasteiger partial charge in [0.15, 0.2) is 5.13 Å². The van der Waals surface area contributed by atoms with Crippen LogP contribution in [-0.4, -0.2) is 21.3 Å². The highest BCUT2D eigenvalue weighted by atomic mass is 32.1. The van der Waals surface area contributed by atoms with Gasteiger partial charge < -0.3 is 5.32 Å². The van der Waals surface area contributed by atoms with E-state index in [0.29, 0.717) is 0 Å². The third-order valence-electron chi connectivity index (χ3n) is 2.11. The first-order valence-corrected chi connectivity index (χ1v) is 5.87. The maximum atomic E-state index is 4.50. The summed E-state index contributed by atoms with van der Waals surface area (Å²) in [5.74, 6) is 0. The van der Waals surface area contributed by atoms with Crippen molar-refractivity contribution in [2.24, 2.45) is 7.05 Å². The van der Waals surface area contributed by atoms with E-state index in [9.17, 15) is 0 Å². The van der Waals surface area contributed by atoms with Crippen molar-refractivity contribution in [3.63, 3.8) is 0 Å². The molecule has 0 bridgehead atoms. The molecular weight excluding hydrogens is 208 g/mol. The Balaban J connectivity index is 2.17. The maximum absolute atomic E-state index is 4.50. The SMILES string of the molecule is CCCNc1nc(-c2ccnn2C)cs1. The Morgan fingerprint density at radius 2 is 2.40 bits per heavy atom. The Hall–Kier alpha value is -1.36. The number of thiazole rings is 1. The van der Waals surface area contributed by atoms with Crippen LogP contribution in [0.3, 0.4) is 0 Å². The van der Waals surface area contributed by atoms with Gasteiger partial charge in [0, 0.05) is 25.2 Å². The quantitative estimate of drug-likeness (QED) is 0.863. The topological polar surface area (TPSA) is 42.7 Å². The molecule has 0 saturated carbocycles. The molecule has 0 aliphatic carbocycles. The molecule has 80 valence electrons. The highest BCUT2D eigenvalue weighted by Crippen LogP contribution is 2.23. The zero-order valence-corrected chi connectivity index (χ0v) is 9.71. The van der Waals surface area contributed by atoms with Crippen molar-refractivity contribution < 1.29 is 0 Å². The zero-order chi connectivity index (χ0) is 10.7. The van der Waals surface area contributed by atoms with Crippen LogP contribution in [0, 0.1) is 0 Å². The Morgan fingerprint density at radius 3 is 3.07 bits per heavy atom. The van der Waals surface area contributed by atoms with Gasteiger partial charge in [0.2, 0.25) is 0 Å². The number of hydrogen-bond acceptors (Lipinski definition) is 4. The molecule has 0 saturated heterocycles. The number of rotatable bonds is 4. The number of nitrogens with one attached hydrogen (secondary N) is 1. The molecule has 0 aliphatic heterocycles. The van der Waals surface area contributed by atoms with Crippen LogP contribution in [0.1, 0.15) is 13.3 Å². The molecule has 2 aromatic rings. The van der Waals surface area contributed by atoms with Gasteiger partial charge in [0.05, 0.1) is 5.69 Å². The molecule has 0 aliphatic rings. The van der Waals surface area contributed by atoms with Crippen molar-refractivity contribution in [3.8, 4) is 11.4 Å². The molecule has 0 fully saturated rings. The third-order valence-corrected chi connectivity index (χ3v) is 2.91. The molecule has 0 atom stereocenters. The summed E-state index contributed by atoms with van der Waals surface area (Å²) >= 11 is 1.63. The standard InChI is InChI=1S/C10H14N4S/c1-3-5-11-10-13-8(7-15-10)9-4-6-12-14(9)2/h4,6-7H,3,5H2,1-2H3,(H,11,13). The van der Waals surface area contributed by atoms with Gasteiger partial charge in [-0.2, -0.15) is 5.10 Å². The summed E-state index contributed by atoms with van der Waals surface area (Å²) in [6.07, 6.45) is 2.90. The van der Waals surface area contributed by atoms with E-state index in [-0.39, 0.29) is 0 Å². The third kappa shape index (κ3) is 2.18. The molecule has 5 heteroatoms. The van der Waals surface area contributed by atoms with Crippen LogP contribution in [0.2, 0.25) is 0 Å². The molecule has 2 rings (SSSR count). The highest BCUT2D eigenvalue weighted by molar-refractivity contribution is 7.14. The molecule has 0 amide bonds. The fourth-order valence-electron chi connectivity index (χ4n) is 1.33. The minimum Gasteiger partial charge on any atom is -0.362 e. The van der Waals surface area contributed by atoms with Gasteiger partial charge in [-0.15, -0.1) is 11.3 Å². The predicted octanol–water partition coefficient (Wildman–Crippen LogP) is 2.37. The van der Waals surface area contributed by atoms with Gasteiger partial charge in [-0.05, 0) is 12.5 Å². The molecule has 0 radical (unpaired) electrons. The van der Waals surface area contributed by atoms with Crippen LogP contribution in [0.15, 0.2) is 17.6 Å². The Kier molecular flexibility index (Phi) is 3.01. The number of aromatic nitrogens is 3. The average molecular weight is 222 g/mol. The van der Waals surface area contributed by atoms with E-state index in [0.717, 1.165) is 29.5 Å². The summed E-state index contributed by atoms with van der Waals surface area (Å²) in [6, 6.07) is 1.97. The van der Waals surface area contributed by atoms with Crippen molar-refractivity contribution in [2.45, 2.75) is 13.3 Å². The van der Waals surface area contributed by atoms with Crippen molar-refractivity contribution in [2.75, 3.05) is 11.9 Å². The molecule has 0 aromatic carbocycles. The minimum atomic E-state index is 0.971. The fourth-order valence-corrected chi connectivity index (χ4v) is 2.06. The summed E-state index contributed by atoms with van der Waals surface area (Å²) in [7, 11) is 1.92. The number of hydrogen-bond donors (Lipinski definition) is 1. The predicted molar refractivity (Wildman–Crippen MR) is 63.1 cm³/mol. The molecule has 0 unspecified atom stereocenters. The lowest BCUT2D eigenvalue weighted by Crippen LogP contribution is -1.99. The van der Waals surface area contributed by atoms with Crippen molar-refractivity contribution >= 4 is 16.5 Å². The van der Waals surface area contributed by atoms with Crippen LogP contribution in [0.25, 0.3) is 11.4 Å². The Bertz CT molecular complexity index is 432. The molecule has 0 spiro atoms. The number of aryl methyl sites for hydroxylation is 1. The van der Waals surface area contributed by atoms with Gasteiger partial charge >= 0.3 is 0 Å². The second-order valence-electron chi connectivity index (χ2n) is 3.30. The van der Waals surface area contributed by atoms with E-state index in [1.807, 2.05) is 17.8 Å². The molecule has 2 heterocycles. The second kappa shape index (κ2) is 4.44. The summed E-state index contributed by atoms with van der Waals surface area (Å²) < 4.78 is 1.83. The fraction of sp³-hybridized carbons (Fsp3) is 0.400. The monoisotopic (exact) mass is 222 g/mol. The zero-order valence-electron chi connectivity index (χ0n) is 8.90. The smallest absolute Gasteiger partial charge is 0.183 e. The van der Waals surface area contributed by atoms with Gasteiger partial charge in [0.1, 0.15) is 5.69 Å². The van der Waals surface area contributed by atoms with Gasteiger partial charge in [0.25, 0.3) is 0 Å². The first kappa shape index (κ1) is 10.2. The Labute approximate surface area is 93.0 Å². The first-order valence-electron chi connectivity index (χ1n) is 4.99. The van der Waals surface area contributed by atoms with Crippen molar-refractivity contribution in [3.05, 3.63) is 17.6 Å². The van der Waals surface area contributed by atoms with Gasteiger partial charge in [-0.1, -0.05) is 6.92 Å². The van der Waals surface area contributed by atoms with Gasteiger partial charge in [-0.3, -0.25) is 4.68 Å². The van der Waals surface area contributed by atoms with Crippen LogP contribution in [0.5, 0.6) is 0 Å².